The molecule has 1 aromatic heterocycles. The number of aryl methyl sites for hydroxylation is 1. The Balaban J connectivity index is 1.39. The fraction of sp³-hybridized carbons (Fsp3) is 0.114. The van der Waals surface area contributed by atoms with Crippen LogP contribution in [-0.4, -0.2) is 18.8 Å². The van der Waals surface area contributed by atoms with E-state index in [1.165, 1.54) is 0 Å². The summed E-state index contributed by atoms with van der Waals surface area (Å²) in [7, 11) is 1.67. The number of methoxy groups -OCH3 is 1. The van der Waals surface area contributed by atoms with E-state index < -0.39 is 5.72 Å². The average molecular weight is 540 g/mol. The van der Waals surface area contributed by atoms with Gasteiger partial charge in [0.15, 0.2) is 5.76 Å². The van der Waals surface area contributed by atoms with Gasteiger partial charge in [-0.05, 0) is 48.4 Å². The van der Waals surface area contributed by atoms with Crippen LogP contribution in [0.5, 0.6) is 11.5 Å². The van der Waals surface area contributed by atoms with Crippen molar-refractivity contribution in [2.24, 2.45) is 0 Å². The van der Waals surface area contributed by atoms with Crippen LogP contribution in [-0.2, 0) is 5.72 Å². The Hall–Kier alpha value is -5.23. The van der Waals surface area contributed by atoms with Crippen molar-refractivity contribution in [3.63, 3.8) is 0 Å². The Morgan fingerprint density at radius 2 is 1.54 bits per heavy atom. The number of rotatable bonds is 6. The highest BCUT2D eigenvalue weighted by Crippen LogP contribution is 2.54. The van der Waals surface area contributed by atoms with Gasteiger partial charge >= 0.3 is 0 Å². The smallest absolute Gasteiger partial charge is 0.231 e. The number of fused-ring (bicyclic) bond motifs is 3. The quantitative estimate of drug-likeness (QED) is 0.220. The molecule has 0 amide bonds. The van der Waals surface area contributed by atoms with Crippen LogP contribution in [0.25, 0.3) is 17.8 Å². The standard InChI is InChI=1S/C35H29N3O3/c1-25-34(33(41-36-25)22-19-26-17-20-29(39-2)21-18-26)37-23-31(27-11-5-3-6-12-27)38-30-15-9-10-16-32(30)40-35(38,24-37)28-13-7-4-8-14-28/h3-23H,24H2,1-2H3/b22-19+. The number of hydrogen-bond donors (Lipinski definition) is 0. The van der Waals surface area contributed by atoms with Gasteiger partial charge in [0.05, 0.1) is 25.0 Å². The zero-order chi connectivity index (χ0) is 27.8. The topological polar surface area (TPSA) is 51.0 Å². The maximum Gasteiger partial charge on any atom is 0.231 e. The molecule has 0 aliphatic carbocycles. The Kier molecular flexibility index (Phi) is 6.08. The van der Waals surface area contributed by atoms with Crippen LogP contribution in [0.4, 0.5) is 11.4 Å². The lowest BCUT2D eigenvalue weighted by atomic mass is 9.95. The van der Waals surface area contributed by atoms with Crippen molar-refractivity contribution < 1.29 is 14.0 Å². The van der Waals surface area contributed by atoms with E-state index in [-0.39, 0.29) is 0 Å². The summed E-state index contributed by atoms with van der Waals surface area (Å²) in [5.74, 6) is 2.34. The van der Waals surface area contributed by atoms with Gasteiger partial charge in [-0.25, -0.2) is 0 Å². The molecule has 6 heteroatoms. The molecule has 6 nitrogen and oxygen atoms in total. The van der Waals surface area contributed by atoms with Crippen molar-refractivity contribution in [1.82, 2.24) is 5.16 Å². The van der Waals surface area contributed by atoms with Crippen molar-refractivity contribution in [1.29, 1.82) is 0 Å². The van der Waals surface area contributed by atoms with E-state index in [1.54, 1.807) is 7.11 Å². The molecular formula is C35H29N3O3. The van der Waals surface area contributed by atoms with Gasteiger partial charge in [-0.1, -0.05) is 96.2 Å². The minimum atomic E-state index is -0.814. The molecule has 0 bridgehead atoms. The van der Waals surface area contributed by atoms with E-state index in [2.05, 4.69) is 81.8 Å². The number of anilines is 2. The van der Waals surface area contributed by atoms with E-state index in [9.17, 15) is 0 Å². The van der Waals surface area contributed by atoms with Gasteiger partial charge in [0.25, 0.3) is 0 Å². The summed E-state index contributed by atoms with van der Waals surface area (Å²) in [5, 5.41) is 4.38. The lowest BCUT2D eigenvalue weighted by Crippen LogP contribution is -2.56. The number of benzene rings is 4. The lowest BCUT2D eigenvalue weighted by Gasteiger charge is -2.46. The van der Waals surface area contributed by atoms with Crippen LogP contribution < -0.4 is 19.3 Å². The Labute approximate surface area is 239 Å². The minimum absolute atomic E-state index is 0.521. The summed E-state index contributed by atoms with van der Waals surface area (Å²) < 4.78 is 18.1. The van der Waals surface area contributed by atoms with Crippen LogP contribution in [0.1, 0.15) is 28.1 Å². The van der Waals surface area contributed by atoms with Gasteiger partial charge in [0.1, 0.15) is 22.9 Å². The second-order valence-electron chi connectivity index (χ2n) is 10.2. The first-order valence-electron chi connectivity index (χ1n) is 13.6. The van der Waals surface area contributed by atoms with Gasteiger partial charge in [-0.2, -0.15) is 0 Å². The van der Waals surface area contributed by atoms with Crippen LogP contribution in [0.2, 0.25) is 0 Å². The lowest BCUT2D eigenvalue weighted by molar-refractivity contribution is 0.103. The SMILES string of the molecule is COc1ccc(/C=C/c2onc(C)c2N2C=C(c3ccccc3)N3c4ccccc4OC3(c3ccccc3)C2)cc1. The Morgan fingerprint density at radius 1 is 0.829 bits per heavy atom. The fourth-order valence-electron chi connectivity index (χ4n) is 5.72. The molecule has 202 valence electrons. The maximum absolute atomic E-state index is 6.96. The maximum atomic E-state index is 6.96. The zero-order valence-corrected chi connectivity index (χ0v) is 22.9. The average Bonchev–Trinajstić information content (AvgIpc) is 3.58. The molecule has 41 heavy (non-hydrogen) atoms. The predicted octanol–water partition coefficient (Wildman–Crippen LogP) is 7.73. The van der Waals surface area contributed by atoms with Crippen molar-refractivity contribution in [3.05, 3.63) is 144 Å². The molecule has 4 aromatic carbocycles. The molecule has 0 saturated heterocycles. The molecule has 0 radical (unpaired) electrons. The normalized spacial score (nSPS) is 17.7. The van der Waals surface area contributed by atoms with E-state index in [0.717, 1.165) is 51.0 Å². The monoisotopic (exact) mass is 539 g/mol. The largest absolute Gasteiger partial charge is 0.497 e. The number of hydrogen-bond acceptors (Lipinski definition) is 6. The van der Waals surface area contributed by atoms with Crippen LogP contribution in [0.3, 0.4) is 0 Å². The van der Waals surface area contributed by atoms with Gasteiger partial charge in [-0.15, -0.1) is 0 Å². The molecule has 0 spiro atoms. The Bertz CT molecular complexity index is 1740. The van der Waals surface area contributed by atoms with Gasteiger partial charge in [0.2, 0.25) is 5.72 Å². The first kappa shape index (κ1) is 24.8. The number of para-hydroxylation sites is 2. The van der Waals surface area contributed by atoms with Crippen molar-refractivity contribution in [3.8, 4) is 11.5 Å². The van der Waals surface area contributed by atoms with E-state index >= 15 is 0 Å². The molecule has 2 aliphatic heterocycles. The highest BCUT2D eigenvalue weighted by Gasteiger charge is 2.53. The van der Waals surface area contributed by atoms with Crippen molar-refractivity contribution in [2.75, 3.05) is 23.5 Å². The first-order chi connectivity index (χ1) is 20.2. The summed E-state index contributed by atoms with van der Waals surface area (Å²) in [5.41, 5.74) is 6.13. The third kappa shape index (κ3) is 4.25. The second-order valence-corrected chi connectivity index (χ2v) is 10.2. The first-order valence-corrected chi connectivity index (χ1v) is 13.6. The van der Waals surface area contributed by atoms with Gasteiger partial charge in [-0.3, -0.25) is 4.90 Å². The zero-order valence-electron chi connectivity index (χ0n) is 22.9. The van der Waals surface area contributed by atoms with Gasteiger partial charge in [0, 0.05) is 11.8 Å². The number of nitrogens with zero attached hydrogens (tertiary/aromatic N) is 3. The summed E-state index contributed by atoms with van der Waals surface area (Å²) in [6, 6.07) is 37.0. The molecule has 1 unspecified atom stereocenters. The molecule has 1 atom stereocenters. The third-order valence-electron chi connectivity index (χ3n) is 7.63. The van der Waals surface area contributed by atoms with Crippen LogP contribution in [0.15, 0.2) is 120 Å². The van der Waals surface area contributed by atoms with Crippen molar-refractivity contribution in [2.45, 2.75) is 12.6 Å². The third-order valence-corrected chi connectivity index (χ3v) is 7.63. The molecule has 0 saturated carbocycles. The highest BCUT2D eigenvalue weighted by atomic mass is 16.5. The predicted molar refractivity (Wildman–Crippen MR) is 163 cm³/mol. The fourth-order valence-corrected chi connectivity index (χ4v) is 5.72. The van der Waals surface area contributed by atoms with E-state index in [1.807, 2.05) is 67.6 Å². The summed E-state index contributed by atoms with van der Waals surface area (Å²) in [6.45, 7) is 2.50. The molecule has 0 N–H and O–H groups in total. The number of ether oxygens (including phenoxy) is 2. The van der Waals surface area contributed by atoms with E-state index in [0.29, 0.717) is 12.3 Å². The summed E-state index contributed by atoms with van der Waals surface area (Å²) in [6.07, 6.45) is 6.18. The molecule has 0 fully saturated rings. The van der Waals surface area contributed by atoms with Crippen LogP contribution in [0, 0.1) is 6.92 Å². The highest BCUT2D eigenvalue weighted by molar-refractivity contribution is 5.89. The second kappa shape index (κ2) is 10.1. The Morgan fingerprint density at radius 3 is 2.29 bits per heavy atom. The summed E-state index contributed by atoms with van der Waals surface area (Å²) in [4.78, 5) is 4.55. The van der Waals surface area contributed by atoms with Crippen LogP contribution >= 0.6 is 0 Å². The summed E-state index contributed by atoms with van der Waals surface area (Å²) >= 11 is 0. The minimum Gasteiger partial charge on any atom is -0.497 e. The van der Waals surface area contributed by atoms with Crippen molar-refractivity contribution >= 4 is 29.2 Å². The molecule has 2 aliphatic rings. The molecule has 3 heterocycles. The van der Waals surface area contributed by atoms with Gasteiger partial charge < -0.3 is 18.9 Å². The number of aromatic nitrogens is 1. The molecular weight excluding hydrogens is 510 g/mol. The molecule has 7 rings (SSSR count). The molecule has 5 aromatic rings. The van der Waals surface area contributed by atoms with E-state index in [4.69, 9.17) is 14.0 Å².